The summed E-state index contributed by atoms with van der Waals surface area (Å²) in [6.07, 6.45) is 0. The molecule has 0 spiro atoms. The highest BCUT2D eigenvalue weighted by atomic mass is 16.4. The summed E-state index contributed by atoms with van der Waals surface area (Å²) in [5.41, 5.74) is 0. The molecule has 3 N–H and O–H groups in total. The van der Waals surface area contributed by atoms with Gasteiger partial charge in [-0.1, -0.05) is 0 Å². The van der Waals surface area contributed by atoms with Gasteiger partial charge in [0.25, 0.3) is 0 Å². The molecule has 0 rings (SSSR count). The molecule has 0 unspecified atom stereocenters. The second-order valence-corrected chi connectivity index (χ2v) is 3.40. The molecule has 16 heavy (non-hydrogen) atoms. The summed E-state index contributed by atoms with van der Waals surface area (Å²) in [5, 5.41) is 13.5. The van der Waals surface area contributed by atoms with Crippen LogP contribution in [0, 0.1) is 0 Å². The summed E-state index contributed by atoms with van der Waals surface area (Å²) in [5.74, 6) is -1.40. The number of carbonyl (C=O) groups excluding carboxylic acids is 2. The van der Waals surface area contributed by atoms with Crippen molar-refractivity contribution in [2.24, 2.45) is 0 Å². The lowest BCUT2D eigenvalue weighted by Crippen LogP contribution is -2.40. The molecule has 0 aliphatic carbocycles. The van der Waals surface area contributed by atoms with Gasteiger partial charge in [0.2, 0.25) is 11.8 Å². The van der Waals surface area contributed by atoms with Gasteiger partial charge in [-0.15, -0.1) is 0 Å². The fourth-order valence-electron chi connectivity index (χ4n) is 1.03. The number of hydrogen-bond donors (Lipinski definition) is 3. The van der Waals surface area contributed by atoms with E-state index in [4.69, 9.17) is 5.11 Å². The largest absolute Gasteiger partial charge is 0.480 e. The second kappa shape index (κ2) is 7.63. The number of rotatable bonds is 7. The van der Waals surface area contributed by atoms with Crippen LogP contribution in [-0.2, 0) is 14.4 Å². The van der Waals surface area contributed by atoms with E-state index in [9.17, 15) is 14.4 Å². The normalized spacial score (nSPS) is 9.94. The molecule has 0 fully saturated rings. The van der Waals surface area contributed by atoms with E-state index in [2.05, 4.69) is 10.6 Å². The number of hydrogen-bond acceptors (Lipinski definition) is 4. The quantitative estimate of drug-likeness (QED) is 0.451. The lowest BCUT2D eigenvalue weighted by molar-refractivity contribution is -0.138. The third-order valence-electron chi connectivity index (χ3n) is 1.64. The molecule has 0 aliphatic heterocycles. The number of carbonyl (C=O) groups is 3. The molecule has 0 aromatic heterocycles. The zero-order chi connectivity index (χ0) is 12.6. The fraction of sp³-hybridized carbons (Fsp3) is 0.667. The van der Waals surface area contributed by atoms with Gasteiger partial charge >= 0.3 is 5.97 Å². The minimum absolute atomic E-state index is 0.0202. The standard InChI is InChI=1S/C9H17N3O4/c1-7(13)10-3-4-11-8(14)5-12(2)6-9(15)16/h3-6H2,1-2H3,(H,10,13)(H,11,14)(H,15,16). The number of likely N-dealkylation sites (N-methyl/N-ethyl adjacent to an activating group) is 1. The van der Waals surface area contributed by atoms with Gasteiger partial charge in [0.1, 0.15) is 0 Å². The molecule has 0 aromatic rings. The van der Waals surface area contributed by atoms with Crippen LogP contribution in [0.25, 0.3) is 0 Å². The maximum Gasteiger partial charge on any atom is 0.317 e. The van der Waals surface area contributed by atoms with Crippen LogP contribution in [0.1, 0.15) is 6.92 Å². The van der Waals surface area contributed by atoms with Crippen LogP contribution in [0.2, 0.25) is 0 Å². The van der Waals surface area contributed by atoms with Crippen molar-refractivity contribution in [2.45, 2.75) is 6.92 Å². The molecule has 0 heterocycles. The first-order valence-corrected chi connectivity index (χ1v) is 4.83. The van der Waals surface area contributed by atoms with E-state index in [0.717, 1.165) is 0 Å². The van der Waals surface area contributed by atoms with E-state index in [0.29, 0.717) is 13.1 Å². The van der Waals surface area contributed by atoms with E-state index in [-0.39, 0.29) is 24.9 Å². The van der Waals surface area contributed by atoms with Crippen LogP contribution in [0.3, 0.4) is 0 Å². The molecule has 0 saturated heterocycles. The Kier molecular flexibility index (Phi) is 6.86. The molecule has 7 nitrogen and oxygen atoms in total. The number of aliphatic carboxylic acids is 1. The highest BCUT2D eigenvalue weighted by Gasteiger charge is 2.08. The number of nitrogens with zero attached hydrogens (tertiary/aromatic N) is 1. The Labute approximate surface area is 93.8 Å². The van der Waals surface area contributed by atoms with E-state index in [1.165, 1.54) is 11.8 Å². The topological polar surface area (TPSA) is 98.7 Å². The highest BCUT2D eigenvalue weighted by molar-refractivity contribution is 5.79. The maximum atomic E-state index is 11.2. The van der Waals surface area contributed by atoms with Crippen molar-refractivity contribution < 1.29 is 19.5 Å². The van der Waals surface area contributed by atoms with Crippen LogP contribution >= 0.6 is 0 Å². The fourth-order valence-corrected chi connectivity index (χ4v) is 1.03. The average Bonchev–Trinajstić information content (AvgIpc) is 2.10. The van der Waals surface area contributed by atoms with Gasteiger partial charge in [-0.3, -0.25) is 19.3 Å². The van der Waals surface area contributed by atoms with Crippen molar-refractivity contribution in [3.8, 4) is 0 Å². The van der Waals surface area contributed by atoms with Crippen molar-refractivity contribution >= 4 is 17.8 Å². The first-order chi connectivity index (χ1) is 7.41. The van der Waals surface area contributed by atoms with Gasteiger partial charge in [0, 0.05) is 20.0 Å². The molecule has 0 radical (unpaired) electrons. The molecule has 7 heteroatoms. The van der Waals surface area contributed by atoms with Crippen molar-refractivity contribution in [1.82, 2.24) is 15.5 Å². The summed E-state index contributed by atoms with van der Waals surface area (Å²) in [6.45, 7) is 1.93. The molecule has 0 aliphatic rings. The first-order valence-electron chi connectivity index (χ1n) is 4.83. The average molecular weight is 231 g/mol. The van der Waals surface area contributed by atoms with E-state index >= 15 is 0 Å². The molecule has 0 aromatic carbocycles. The summed E-state index contributed by atoms with van der Waals surface area (Å²) in [6, 6.07) is 0. The smallest absolute Gasteiger partial charge is 0.317 e. The lowest BCUT2D eigenvalue weighted by Gasteiger charge is -2.13. The second-order valence-electron chi connectivity index (χ2n) is 3.40. The van der Waals surface area contributed by atoms with Crippen LogP contribution in [0.4, 0.5) is 0 Å². The van der Waals surface area contributed by atoms with Gasteiger partial charge in [-0.25, -0.2) is 0 Å². The van der Waals surface area contributed by atoms with Crippen LogP contribution < -0.4 is 10.6 Å². The monoisotopic (exact) mass is 231 g/mol. The van der Waals surface area contributed by atoms with Crippen LogP contribution in [-0.4, -0.2) is 61.0 Å². The Bertz CT molecular complexity index is 267. The minimum atomic E-state index is -0.978. The maximum absolute atomic E-state index is 11.2. The molecule has 2 amide bonds. The SMILES string of the molecule is CC(=O)NCCNC(=O)CN(C)CC(=O)O. The molecular formula is C9H17N3O4. The summed E-state index contributed by atoms with van der Waals surface area (Å²) in [7, 11) is 1.54. The van der Waals surface area contributed by atoms with E-state index < -0.39 is 5.97 Å². The predicted molar refractivity (Wildman–Crippen MR) is 56.8 cm³/mol. The van der Waals surface area contributed by atoms with Crippen LogP contribution in [0.15, 0.2) is 0 Å². The number of amides is 2. The number of carboxylic acid groups (broad SMARTS) is 1. The zero-order valence-electron chi connectivity index (χ0n) is 9.45. The van der Waals surface area contributed by atoms with E-state index in [1.807, 2.05) is 0 Å². The van der Waals surface area contributed by atoms with Crippen molar-refractivity contribution in [3.63, 3.8) is 0 Å². The van der Waals surface area contributed by atoms with Gasteiger partial charge in [-0.05, 0) is 7.05 Å². The Morgan fingerprint density at radius 1 is 1.12 bits per heavy atom. The third-order valence-corrected chi connectivity index (χ3v) is 1.64. The third kappa shape index (κ3) is 8.95. The first kappa shape index (κ1) is 14.4. The summed E-state index contributed by atoms with van der Waals surface area (Å²) >= 11 is 0. The Balaban J connectivity index is 3.58. The predicted octanol–water partition coefficient (Wildman–Crippen LogP) is -1.74. The van der Waals surface area contributed by atoms with Gasteiger partial charge in [0.05, 0.1) is 13.1 Å². The van der Waals surface area contributed by atoms with Gasteiger partial charge in [-0.2, -0.15) is 0 Å². The molecular weight excluding hydrogens is 214 g/mol. The van der Waals surface area contributed by atoms with Crippen LogP contribution in [0.5, 0.6) is 0 Å². The van der Waals surface area contributed by atoms with Crippen molar-refractivity contribution in [3.05, 3.63) is 0 Å². The minimum Gasteiger partial charge on any atom is -0.480 e. The van der Waals surface area contributed by atoms with E-state index in [1.54, 1.807) is 7.05 Å². The summed E-state index contributed by atoms with van der Waals surface area (Å²) < 4.78 is 0. The van der Waals surface area contributed by atoms with Gasteiger partial charge in [0.15, 0.2) is 0 Å². The number of carboxylic acids is 1. The molecule has 0 atom stereocenters. The summed E-state index contributed by atoms with van der Waals surface area (Å²) in [4.78, 5) is 33.4. The highest BCUT2D eigenvalue weighted by Crippen LogP contribution is 1.81. The Hall–Kier alpha value is -1.63. The Morgan fingerprint density at radius 3 is 2.19 bits per heavy atom. The molecule has 92 valence electrons. The van der Waals surface area contributed by atoms with Gasteiger partial charge < -0.3 is 15.7 Å². The zero-order valence-corrected chi connectivity index (χ0v) is 9.45. The van der Waals surface area contributed by atoms with Crippen molar-refractivity contribution in [2.75, 3.05) is 33.2 Å². The Morgan fingerprint density at radius 2 is 1.69 bits per heavy atom. The molecule has 0 saturated carbocycles. The van der Waals surface area contributed by atoms with Crippen molar-refractivity contribution in [1.29, 1.82) is 0 Å². The molecule has 0 bridgehead atoms. The number of nitrogens with one attached hydrogen (secondary N) is 2. The lowest BCUT2D eigenvalue weighted by atomic mass is 10.4.